The van der Waals surface area contributed by atoms with Crippen molar-refractivity contribution in [1.29, 1.82) is 0 Å². The largest absolute Gasteiger partial charge is 0.416 e. The number of rotatable bonds is 4. The Labute approximate surface area is 204 Å². The summed E-state index contributed by atoms with van der Waals surface area (Å²) in [6.45, 7) is 7.41. The fourth-order valence-electron chi connectivity index (χ4n) is 4.68. The second-order valence-corrected chi connectivity index (χ2v) is 10.1. The van der Waals surface area contributed by atoms with Gasteiger partial charge in [-0.1, -0.05) is 81.4 Å². The average molecular weight is 458 g/mol. The van der Waals surface area contributed by atoms with E-state index < -0.39 is 0 Å². The van der Waals surface area contributed by atoms with Crippen LogP contribution in [0.15, 0.2) is 101 Å². The van der Waals surface area contributed by atoms with Crippen molar-refractivity contribution < 1.29 is 4.42 Å². The van der Waals surface area contributed by atoms with Crippen LogP contribution in [0.4, 0.5) is 0 Å². The van der Waals surface area contributed by atoms with Crippen molar-refractivity contribution in [1.82, 2.24) is 14.8 Å². The summed E-state index contributed by atoms with van der Waals surface area (Å²) in [7, 11) is 0. The van der Waals surface area contributed by atoms with E-state index in [0.29, 0.717) is 11.8 Å². The Balaban J connectivity index is 1.26. The van der Waals surface area contributed by atoms with E-state index in [0.717, 1.165) is 17.7 Å². The zero-order valence-electron chi connectivity index (χ0n) is 20.2. The molecular formula is C31H27N3O. The lowest BCUT2D eigenvalue weighted by Gasteiger charge is -2.18. The number of hydrogen-bond donors (Lipinski definition) is 0. The van der Waals surface area contributed by atoms with Gasteiger partial charge in [0, 0.05) is 39.5 Å². The van der Waals surface area contributed by atoms with E-state index in [2.05, 4.69) is 120 Å². The van der Waals surface area contributed by atoms with Gasteiger partial charge in [-0.3, -0.25) is 0 Å². The first-order chi connectivity index (χ1) is 17.0. The van der Waals surface area contributed by atoms with Crippen LogP contribution in [0, 0.1) is 0 Å². The Bertz CT molecular complexity index is 1580. The molecule has 0 N–H and O–H groups in total. The van der Waals surface area contributed by atoms with Crippen LogP contribution in [0.2, 0.25) is 0 Å². The molecule has 0 atom stereocenters. The summed E-state index contributed by atoms with van der Waals surface area (Å²) in [5.41, 5.74) is 6.95. The van der Waals surface area contributed by atoms with Crippen molar-refractivity contribution >= 4 is 21.8 Å². The Hall–Kier alpha value is -4.18. The lowest BCUT2D eigenvalue weighted by molar-refractivity contribution is 0.582. The molecule has 0 spiro atoms. The first-order valence-electron chi connectivity index (χ1n) is 12.0. The fourth-order valence-corrected chi connectivity index (χ4v) is 4.68. The molecule has 0 unspecified atom stereocenters. The van der Waals surface area contributed by atoms with Gasteiger partial charge in [0.2, 0.25) is 11.8 Å². The van der Waals surface area contributed by atoms with Crippen LogP contribution in [-0.2, 0) is 12.0 Å². The summed E-state index contributed by atoms with van der Waals surface area (Å²) >= 11 is 0. The van der Waals surface area contributed by atoms with Crippen molar-refractivity contribution in [3.8, 4) is 22.9 Å². The maximum Gasteiger partial charge on any atom is 0.248 e. The van der Waals surface area contributed by atoms with E-state index in [1.165, 1.54) is 32.9 Å². The Kier molecular flexibility index (Phi) is 5.03. The van der Waals surface area contributed by atoms with Gasteiger partial charge in [0.25, 0.3) is 0 Å². The predicted octanol–water partition coefficient (Wildman–Crippen LogP) is 7.86. The predicted molar refractivity (Wildman–Crippen MR) is 142 cm³/mol. The van der Waals surface area contributed by atoms with Gasteiger partial charge in [-0.05, 0) is 52.9 Å². The molecule has 0 saturated heterocycles. The molecule has 35 heavy (non-hydrogen) atoms. The molecule has 172 valence electrons. The average Bonchev–Trinajstić information content (AvgIpc) is 3.49. The smallest absolute Gasteiger partial charge is 0.248 e. The van der Waals surface area contributed by atoms with Crippen molar-refractivity contribution in [2.75, 3.05) is 0 Å². The number of aromatic nitrogens is 3. The normalized spacial score (nSPS) is 12.0. The molecule has 4 nitrogen and oxygen atoms in total. The highest BCUT2D eigenvalue weighted by atomic mass is 16.4. The highest BCUT2D eigenvalue weighted by molar-refractivity contribution is 6.08. The molecule has 0 aliphatic carbocycles. The molecule has 0 bridgehead atoms. The molecule has 0 radical (unpaired) electrons. The van der Waals surface area contributed by atoms with Crippen LogP contribution >= 0.6 is 0 Å². The van der Waals surface area contributed by atoms with E-state index in [-0.39, 0.29) is 5.41 Å². The van der Waals surface area contributed by atoms with Crippen molar-refractivity contribution in [3.63, 3.8) is 0 Å². The van der Waals surface area contributed by atoms with Gasteiger partial charge < -0.3 is 8.98 Å². The minimum absolute atomic E-state index is 0.111. The van der Waals surface area contributed by atoms with Crippen molar-refractivity contribution in [2.45, 2.75) is 32.7 Å². The van der Waals surface area contributed by atoms with Crippen LogP contribution in [-0.4, -0.2) is 14.8 Å². The van der Waals surface area contributed by atoms with Gasteiger partial charge in [0.15, 0.2) is 0 Å². The maximum absolute atomic E-state index is 6.01. The highest BCUT2D eigenvalue weighted by Gasteiger charge is 2.16. The maximum atomic E-state index is 6.01. The molecule has 4 aromatic carbocycles. The molecule has 0 aliphatic heterocycles. The third kappa shape index (κ3) is 3.91. The molecule has 6 aromatic rings. The first kappa shape index (κ1) is 21.4. The molecule has 0 saturated carbocycles. The minimum atomic E-state index is 0.111. The third-order valence-corrected chi connectivity index (χ3v) is 6.64. The first-order valence-corrected chi connectivity index (χ1v) is 12.0. The fraction of sp³-hybridized carbons (Fsp3) is 0.161. The minimum Gasteiger partial charge on any atom is -0.416 e. The van der Waals surface area contributed by atoms with Crippen LogP contribution in [0.3, 0.4) is 0 Å². The second-order valence-electron chi connectivity index (χ2n) is 10.1. The second kappa shape index (κ2) is 8.24. The number of benzene rings is 4. The van der Waals surface area contributed by atoms with Crippen LogP contribution in [0.5, 0.6) is 0 Å². The zero-order chi connectivity index (χ0) is 24.0. The van der Waals surface area contributed by atoms with Crippen molar-refractivity contribution in [2.24, 2.45) is 0 Å². The summed E-state index contributed by atoms with van der Waals surface area (Å²) in [5, 5.41) is 11.2. The molecule has 0 amide bonds. The standard InChI is InChI=1S/C31H27N3O/c1-31(2,3)24-18-16-23(17-19-24)30-33-32-29(35-30)22-14-12-21(13-15-22)20-34-27-10-6-4-8-25(27)26-9-5-7-11-28(26)34/h4-19H,20H2,1-3H3. The SMILES string of the molecule is CC(C)(C)c1ccc(-c2nnc(-c3ccc(Cn4c5ccccc5c5ccccc54)cc3)o2)cc1. The van der Waals surface area contributed by atoms with E-state index >= 15 is 0 Å². The Morgan fingerprint density at radius 3 is 1.63 bits per heavy atom. The quantitative estimate of drug-likeness (QED) is 0.271. The van der Waals surface area contributed by atoms with Crippen LogP contribution in [0.1, 0.15) is 31.9 Å². The van der Waals surface area contributed by atoms with Gasteiger partial charge in [0.1, 0.15) is 0 Å². The molecule has 2 heterocycles. The summed E-state index contributed by atoms with van der Waals surface area (Å²) in [4.78, 5) is 0. The molecule has 4 heteroatoms. The molecule has 0 fully saturated rings. The van der Waals surface area contributed by atoms with Crippen LogP contribution < -0.4 is 0 Å². The summed E-state index contributed by atoms with van der Waals surface area (Å²) in [5.74, 6) is 1.07. The Morgan fingerprint density at radius 2 is 1.11 bits per heavy atom. The third-order valence-electron chi connectivity index (χ3n) is 6.64. The topological polar surface area (TPSA) is 43.9 Å². The van der Waals surface area contributed by atoms with Crippen molar-refractivity contribution in [3.05, 3.63) is 108 Å². The summed E-state index contributed by atoms with van der Waals surface area (Å²) in [6, 6.07) is 33.9. The monoisotopic (exact) mass is 457 g/mol. The van der Waals surface area contributed by atoms with Gasteiger partial charge in [-0.2, -0.15) is 0 Å². The molecule has 2 aromatic heterocycles. The van der Waals surface area contributed by atoms with Gasteiger partial charge in [-0.25, -0.2) is 0 Å². The lowest BCUT2D eigenvalue weighted by Crippen LogP contribution is -2.10. The molecule has 6 rings (SSSR count). The van der Waals surface area contributed by atoms with E-state index in [1.807, 2.05) is 12.1 Å². The van der Waals surface area contributed by atoms with E-state index in [9.17, 15) is 0 Å². The van der Waals surface area contributed by atoms with E-state index in [4.69, 9.17) is 4.42 Å². The summed E-state index contributed by atoms with van der Waals surface area (Å²) < 4.78 is 8.40. The Morgan fingerprint density at radius 1 is 0.629 bits per heavy atom. The number of hydrogen-bond acceptors (Lipinski definition) is 3. The van der Waals surface area contributed by atoms with Gasteiger partial charge in [0.05, 0.1) is 0 Å². The van der Waals surface area contributed by atoms with E-state index in [1.54, 1.807) is 0 Å². The summed E-state index contributed by atoms with van der Waals surface area (Å²) in [6.07, 6.45) is 0. The number of nitrogens with zero attached hydrogens (tertiary/aromatic N) is 3. The molecular weight excluding hydrogens is 430 g/mol. The number of fused-ring (bicyclic) bond motifs is 3. The zero-order valence-corrected chi connectivity index (χ0v) is 20.2. The number of para-hydroxylation sites is 2. The lowest BCUT2D eigenvalue weighted by atomic mass is 9.87. The van der Waals surface area contributed by atoms with Gasteiger partial charge in [-0.15, -0.1) is 10.2 Å². The highest BCUT2D eigenvalue weighted by Crippen LogP contribution is 2.31. The van der Waals surface area contributed by atoms with Gasteiger partial charge >= 0.3 is 0 Å². The molecule has 0 aliphatic rings. The van der Waals surface area contributed by atoms with Crippen LogP contribution in [0.25, 0.3) is 44.7 Å².